The van der Waals surface area contributed by atoms with Crippen LogP contribution in [0.3, 0.4) is 0 Å². The maximum Gasteiger partial charge on any atom is 0.0515 e. The van der Waals surface area contributed by atoms with E-state index in [-0.39, 0.29) is 18.6 Å². The largest absolute Gasteiger partial charge is 0.396 e. The molecule has 17 heavy (non-hydrogen) atoms. The van der Waals surface area contributed by atoms with Crippen LogP contribution in [0.15, 0.2) is 23.3 Å². The molecule has 2 N–H and O–H groups in total. The molecule has 0 spiro atoms. The van der Waals surface area contributed by atoms with Gasteiger partial charge in [-0.05, 0) is 45.4 Å². The van der Waals surface area contributed by atoms with Gasteiger partial charge >= 0.3 is 0 Å². The number of allylic oxidation sites excluding steroid dienone is 4. The topological polar surface area (TPSA) is 40.5 Å². The lowest BCUT2D eigenvalue weighted by molar-refractivity contribution is 0.00703. The van der Waals surface area contributed by atoms with Gasteiger partial charge in [0.05, 0.1) is 13.2 Å². The summed E-state index contributed by atoms with van der Waals surface area (Å²) in [7, 11) is 0. The SMILES string of the molecule is CC(C)=CCCC1=CCC(CO)(CO)[C@H](C)C1. The minimum Gasteiger partial charge on any atom is -0.396 e. The molecule has 1 rings (SSSR count). The van der Waals surface area contributed by atoms with Gasteiger partial charge in [0, 0.05) is 5.41 Å². The van der Waals surface area contributed by atoms with Crippen molar-refractivity contribution in [1.29, 1.82) is 0 Å². The molecule has 0 aromatic rings. The molecule has 0 radical (unpaired) electrons. The Morgan fingerprint density at radius 2 is 2.06 bits per heavy atom. The van der Waals surface area contributed by atoms with Crippen LogP contribution >= 0.6 is 0 Å². The Hall–Kier alpha value is -0.600. The van der Waals surface area contributed by atoms with E-state index in [2.05, 4.69) is 32.9 Å². The van der Waals surface area contributed by atoms with E-state index in [1.54, 1.807) is 0 Å². The molecule has 2 heteroatoms. The lowest BCUT2D eigenvalue weighted by Crippen LogP contribution is -2.38. The standard InChI is InChI=1S/C15H26O2/c1-12(2)5-4-6-14-7-8-15(10-16,11-17)13(3)9-14/h5,7,13,16-17H,4,6,8-11H2,1-3H3/t13-/m1/s1. The van der Waals surface area contributed by atoms with Crippen molar-refractivity contribution in [2.24, 2.45) is 11.3 Å². The zero-order valence-corrected chi connectivity index (χ0v) is 11.4. The highest BCUT2D eigenvalue weighted by Crippen LogP contribution is 2.40. The second-order valence-corrected chi connectivity index (χ2v) is 5.67. The molecular formula is C15H26O2. The average Bonchev–Trinajstić information content (AvgIpc) is 2.30. The molecule has 1 atom stereocenters. The molecule has 0 heterocycles. The molecule has 0 bridgehead atoms. The van der Waals surface area contributed by atoms with Gasteiger partial charge in [-0.15, -0.1) is 0 Å². The molecule has 0 amide bonds. The molecule has 0 fully saturated rings. The Morgan fingerprint density at radius 3 is 2.53 bits per heavy atom. The summed E-state index contributed by atoms with van der Waals surface area (Å²) in [5.74, 6) is 0.365. The molecule has 1 aliphatic rings. The van der Waals surface area contributed by atoms with Crippen molar-refractivity contribution in [3.05, 3.63) is 23.3 Å². The Kier molecular flexibility index (Phi) is 5.41. The number of aliphatic hydroxyl groups excluding tert-OH is 2. The van der Waals surface area contributed by atoms with Crippen molar-refractivity contribution < 1.29 is 10.2 Å². The zero-order valence-electron chi connectivity index (χ0n) is 11.4. The fourth-order valence-corrected chi connectivity index (χ4v) is 2.48. The Bertz CT molecular complexity index is 294. The van der Waals surface area contributed by atoms with Gasteiger partial charge in [-0.1, -0.05) is 30.2 Å². The summed E-state index contributed by atoms with van der Waals surface area (Å²) in [6, 6.07) is 0. The van der Waals surface area contributed by atoms with Crippen LogP contribution in [0.1, 0.15) is 46.5 Å². The smallest absolute Gasteiger partial charge is 0.0515 e. The Balaban J connectivity index is 2.57. The van der Waals surface area contributed by atoms with Gasteiger partial charge in [0.25, 0.3) is 0 Å². The van der Waals surface area contributed by atoms with Gasteiger partial charge in [0.2, 0.25) is 0 Å². The third-order valence-corrected chi connectivity index (χ3v) is 4.06. The Labute approximate surface area is 105 Å². The first-order valence-electron chi connectivity index (χ1n) is 6.57. The van der Waals surface area contributed by atoms with Crippen LogP contribution in [-0.2, 0) is 0 Å². The van der Waals surface area contributed by atoms with Gasteiger partial charge in [0.1, 0.15) is 0 Å². The average molecular weight is 238 g/mol. The summed E-state index contributed by atoms with van der Waals surface area (Å²) < 4.78 is 0. The zero-order chi connectivity index (χ0) is 12.9. The molecule has 0 saturated heterocycles. The van der Waals surface area contributed by atoms with Crippen LogP contribution in [0.2, 0.25) is 0 Å². The van der Waals surface area contributed by atoms with Crippen molar-refractivity contribution >= 4 is 0 Å². The lowest BCUT2D eigenvalue weighted by Gasteiger charge is -2.39. The fourth-order valence-electron chi connectivity index (χ4n) is 2.48. The highest BCUT2D eigenvalue weighted by molar-refractivity contribution is 5.13. The second kappa shape index (κ2) is 6.36. The maximum atomic E-state index is 9.45. The van der Waals surface area contributed by atoms with Crippen molar-refractivity contribution in [3.63, 3.8) is 0 Å². The number of hydrogen-bond acceptors (Lipinski definition) is 2. The van der Waals surface area contributed by atoms with E-state index in [1.165, 1.54) is 11.1 Å². The predicted molar refractivity (Wildman–Crippen MR) is 71.8 cm³/mol. The van der Waals surface area contributed by atoms with E-state index >= 15 is 0 Å². The second-order valence-electron chi connectivity index (χ2n) is 5.67. The molecule has 0 saturated carbocycles. The summed E-state index contributed by atoms with van der Waals surface area (Å²) in [5.41, 5.74) is 2.56. The third-order valence-electron chi connectivity index (χ3n) is 4.06. The molecule has 0 unspecified atom stereocenters. The number of rotatable bonds is 5. The van der Waals surface area contributed by atoms with Crippen LogP contribution in [0, 0.1) is 11.3 Å². The molecule has 2 nitrogen and oxygen atoms in total. The quantitative estimate of drug-likeness (QED) is 0.723. The molecule has 0 aromatic carbocycles. The first kappa shape index (κ1) is 14.5. The lowest BCUT2D eigenvalue weighted by atomic mass is 9.68. The van der Waals surface area contributed by atoms with E-state index in [0.717, 1.165) is 25.7 Å². The van der Waals surface area contributed by atoms with Crippen molar-refractivity contribution in [2.45, 2.75) is 46.5 Å². The van der Waals surface area contributed by atoms with Gasteiger partial charge in [0.15, 0.2) is 0 Å². The van der Waals surface area contributed by atoms with E-state index in [9.17, 15) is 10.2 Å². The first-order chi connectivity index (χ1) is 8.04. The van der Waals surface area contributed by atoms with Crippen molar-refractivity contribution in [2.75, 3.05) is 13.2 Å². The van der Waals surface area contributed by atoms with Gasteiger partial charge in [-0.2, -0.15) is 0 Å². The summed E-state index contributed by atoms with van der Waals surface area (Å²) in [6.45, 7) is 6.56. The third kappa shape index (κ3) is 3.68. The maximum absolute atomic E-state index is 9.45. The van der Waals surface area contributed by atoms with Crippen molar-refractivity contribution in [1.82, 2.24) is 0 Å². The Morgan fingerprint density at radius 1 is 1.41 bits per heavy atom. The summed E-state index contributed by atoms with van der Waals surface area (Å²) >= 11 is 0. The van der Waals surface area contributed by atoms with Crippen LogP contribution in [0.4, 0.5) is 0 Å². The molecular weight excluding hydrogens is 212 g/mol. The first-order valence-corrected chi connectivity index (χ1v) is 6.57. The van der Waals surface area contributed by atoms with E-state index < -0.39 is 0 Å². The van der Waals surface area contributed by atoms with Gasteiger partial charge in [-0.25, -0.2) is 0 Å². The summed E-state index contributed by atoms with van der Waals surface area (Å²) in [4.78, 5) is 0. The summed E-state index contributed by atoms with van der Waals surface area (Å²) in [6.07, 6.45) is 8.54. The summed E-state index contributed by atoms with van der Waals surface area (Å²) in [5, 5.41) is 18.9. The van der Waals surface area contributed by atoms with Crippen LogP contribution < -0.4 is 0 Å². The minimum absolute atomic E-state index is 0.0857. The van der Waals surface area contributed by atoms with Gasteiger partial charge in [-0.3, -0.25) is 0 Å². The van der Waals surface area contributed by atoms with E-state index in [1.807, 2.05) is 0 Å². The highest BCUT2D eigenvalue weighted by atomic mass is 16.3. The normalized spacial score (nSPS) is 23.1. The molecule has 98 valence electrons. The highest BCUT2D eigenvalue weighted by Gasteiger charge is 2.36. The minimum atomic E-state index is -0.292. The van der Waals surface area contributed by atoms with Crippen LogP contribution in [0.25, 0.3) is 0 Å². The van der Waals surface area contributed by atoms with Gasteiger partial charge < -0.3 is 10.2 Å². The monoisotopic (exact) mass is 238 g/mol. The molecule has 0 aliphatic heterocycles. The van der Waals surface area contributed by atoms with Crippen LogP contribution in [-0.4, -0.2) is 23.4 Å². The fraction of sp³-hybridized carbons (Fsp3) is 0.733. The number of aliphatic hydroxyl groups is 2. The predicted octanol–water partition coefficient (Wildman–Crippen LogP) is 3.06. The number of hydrogen-bond donors (Lipinski definition) is 2. The molecule has 1 aliphatic carbocycles. The molecule has 0 aromatic heterocycles. The van der Waals surface area contributed by atoms with Crippen molar-refractivity contribution in [3.8, 4) is 0 Å². The van der Waals surface area contributed by atoms with E-state index in [4.69, 9.17) is 0 Å². The van der Waals surface area contributed by atoms with Crippen LogP contribution in [0.5, 0.6) is 0 Å². The van der Waals surface area contributed by atoms with E-state index in [0.29, 0.717) is 5.92 Å².